The summed E-state index contributed by atoms with van der Waals surface area (Å²) in [7, 11) is 0. The van der Waals surface area contributed by atoms with Gasteiger partial charge in [-0.3, -0.25) is 9.69 Å². The standard InChI is InChI=1S/C21H20N2O2/c22-19-15-16(11-13-20(19)24)12-14-21(25)23(17-7-3-1-4-8-17)18-9-5-2-6-10-18/h1-11,13,15,24H,12,14,22H2. The summed E-state index contributed by atoms with van der Waals surface area (Å²) in [6, 6.07) is 24.2. The molecule has 3 aromatic carbocycles. The fourth-order valence-corrected chi connectivity index (χ4v) is 2.71. The summed E-state index contributed by atoms with van der Waals surface area (Å²) < 4.78 is 0. The number of aromatic hydroxyl groups is 1. The molecular weight excluding hydrogens is 312 g/mol. The molecule has 0 aromatic heterocycles. The van der Waals surface area contributed by atoms with E-state index in [9.17, 15) is 9.90 Å². The monoisotopic (exact) mass is 332 g/mol. The van der Waals surface area contributed by atoms with Gasteiger partial charge in [0.25, 0.3) is 0 Å². The Hall–Kier alpha value is -3.27. The van der Waals surface area contributed by atoms with Gasteiger partial charge in [-0.2, -0.15) is 0 Å². The predicted molar refractivity (Wildman–Crippen MR) is 101 cm³/mol. The third kappa shape index (κ3) is 3.98. The average Bonchev–Trinajstić information content (AvgIpc) is 2.65. The van der Waals surface area contributed by atoms with Crippen molar-refractivity contribution in [2.24, 2.45) is 0 Å². The van der Waals surface area contributed by atoms with Crippen LogP contribution >= 0.6 is 0 Å². The minimum Gasteiger partial charge on any atom is -0.506 e. The second-order valence-electron chi connectivity index (χ2n) is 5.79. The summed E-state index contributed by atoms with van der Waals surface area (Å²) in [6.07, 6.45) is 0.896. The van der Waals surface area contributed by atoms with Gasteiger partial charge in [-0.25, -0.2) is 0 Å². The van der Waals surface area contributed by atoms with Crippen molar-refractivity contribution in [3.8, 4) is 5.75 Å². The number of para-hydroxylation sites is 2. The van der Waals surface area contributed by atoms with Gasteiger partial charge in [0.05, 0.1) is 5.69 Å². The summed E-state index contributed by atoms with van der Waals surface area (Å²) in [5.41, 5.74) is 8.65. The van der Waals surface area contributed by atoms with Crippen LogP contribution in [0.3, 0.4) is 0 Å². The molecule has 0 aliphatic rings. The van der Waals surface area contributed by atoms with Crippen molar-refractivity contribution in [2.45, 2.75) is 12.8 Å². The van der Waals surface area contributed by atoms with Crippen LogP contribution in [0.25, 0.3) is 0 Å². The van der Waals surface area contributed by atoms with Crippen molar-refractivity contribution in [1.29, 1.82) is 0 Å². The van der Waals surface area contributed by atoms with Crippen LogP contribution in [-0.2, 0) is 11.2 Å². The van der Waals surface area contributed by atoms with Crippen molar-refractivity contribution in [3.63, 3.8) is 0 Å². The number of rotatable bonds is 5. The van der Waals surface area contributed by atoms with Gasteiger partial charge in [-0.05, 0) is 48.4 Å². The molecule has 0 fully saturated rings. The first-order valence-corrected chi connectivity index (χ1v) is 8.15. The van der Waals surface area contributed by atoms with Gasteiger partial charge >= 0.3 is 0 Å². The Morgan fingerprint density at radius 3 is 1.96 bits per heavy atom. The topological polar surface area (TPSA) is 66.6 Å². The normalized spacial score (nSPS) is 10.4. The lowest BCUT2D eigenvalue weighted by Gasteiger charge is -2.23. The number of nitrogen functional groups attached to an aromatic ring is 1. The summed E-state index contributed by atoms with van der Waals surface area (Å²) in [6.45, 7) is 0. The van der Waals surface area contributed by atoms with E-state index in [4.69, 9.17) is 5.73 Å². The Kier molecular flexibility index (Phi) is 5.00. The Morgan fingerprint density at radius 1 is 0.880 bits per heavy atom. The van der Waals surface area contributed by atoms with Gasteiger partial charge in [0.1, 0.15) is 5.75 Å². The van der Waals surface area contributed by atoms with Gasteiger partial charge in [0, 0.05) is 17.8 Å². The number of benzene rings is 3. The maximum atomic E-state index is 12.9. The molecule has 3 rings (SSSR count). The molecule has 4 heteroatoms. The average molecular weight is 332 g/mol. The number of hydrogen-bond acceptors (Lipinski definition) is 3. The van der Waals surface area contributed by atoms with E-state index in [1.807, 2.05) is 60.7 Å². The summed E-state index contributed by atoms with van der Waals surface area (Å²) >= 11 is 0. The van der Waals surface area contributed by atoms with Crippen LogP contribution in [0.4, 0.5) is 17.1 Å². The quantitative estimate of drug-likeness (QED) is 0.541. The van der Waals surface area contributed by atoms with Crippen molar-refractivity contribution in [1.82, 2.24) is 0 Å². The molecule has 0 heterocycles. The number of aryl methyl sites for hydroxylation is 1. The van der Waals surface area contributed by atoms with Crippen LogP contribution in [-0.4, -0.2) is 11.0 Å². The summed E-state index contributed by atoms with van der Waals surface area (Å²) in [4.78, 5) is 14.6. The molecule has 0 unspecified atom stereocenters. The Labute approximate surface area is 147 Å². The number of anilines is 3. The molecule has 126 valence electrons. The Balaban J connectivity index is 1.81. The Morgan fingerprint density at radius 2 is 1.44 bits per heavy atom. The van der Waals surface area contributed by atoms with E-state index in [1.54, 1.807) is 23.1 Å². The van der Waals surface area contributed by atoms with E-state index in [1.165, 1.54) is 0 Å². The molecule has 0 spiro atoms. The van der Waals surface area contributed by atoms with Crippen molar-refractivity contribution in [2.75, 3.05) is 10.6 Å². The lowest BCUT2D eigenvalue weighted by molar-refractivity contribution is -0.117. The zero-order valence-electron chi connectivity index (χ0n) is 13.8. The highest BCUT2D eigenvalue weighted by atomic mass is 16.3. The number of nitrogens with two attached hydrogens (primary N) is 1. The molecule has 3 N–H and O–H groups in total. The van der Waals surface area contributed by atoms with E-state index >= 15 is 0 Å². The fraction of sp³-hybridized carbons (Fsp3) is 0.0952. The number of carbonyl (C=O) groups excluding carboxylic acids is 1. The van der Waals surface area contributed by atoms with Crippen molar-refractivity contribution >= 4 is 23.0 Å². The van der Waals surface area contributed by atoms with Crippen molar-refractivity contribution in [3.05, 3.63) is 84.4 Å². The molecule has 0 bridgehead atoms. The summed E-state index contributed by atoms with van der Waals surface area (Å²) in [5, 5.41) is 9.51. The number of phenols is 1. The number of amides is 1. The van der Waals surface area contributed by atoms with E-state index in [2.05, 4.69) is 0 Å². The SMILES string of the molecule is Nc1cc(CCC(=O)N(c2ccccc2)c2ccccc2)ccc1O. The number of nitrogens with zero attached hydrogens (tertiary/aromatic N) is 1. The first-order chi connectivity index (χ1) is 12.1. The van der Waals surface area contributed by atoms with Crippen LogP contribution in [0.1, 0.15) is 12.0 Å². The molecule has 0 atom stereocenters. The molecule has 1 amide bonds. The van der Waals surface area contributed by atoms with E-state index in [0.29, 0.717) is 18.5 Å². The lowest BCUT2D eigenvalue weighted by Crippen LogP contribution is -2.26. The molecule has 0 aliphatic heterocycles. The molecule has 0 aliphatic carbocycles. The predicted octanol–water partition coefficient (Wildman–Crippen LogP) is 4.27. The van der Waals surface area contributed by atoms with Crippen LogP contribution in [0, 0.1) is 0 Å². The number of carbonyl (C=O) groups is 1. The highest BCUT2D eigenvalue weighted by molar-refractivity contribution is 6.00. The minimum absolute atomic E-state index is 0.00375. The Bertz CT molecular complexity index is 809. The van der Waals surface area contributed by atoms with Gasteiger partial charge in [-0.15, -0.1) is 0 Å². The smallest absolute Gasteiger partial charge is 0.231 e. The molecule has 4 nitrogen and oxygen atoms in total. The third-order valence-electron chi connectivity index (χ3n) is 4.00. The maximum absolute atomic E-state index is 12.9. The minimum atomic E-state index is 0.00375. The molecule has 0 saturated carbocycles. The second kappa shape index (κ2) is 7.53. The van der Waals surface area contributed by atoms with Crippen LogP contribution in [0.5, 0.6) is 5.75 Å². The first-order valence-electron chi connectivity index (χ1n) is 8.15. The van der Waals surface area contributed by atoms with E-state index < -0.39 is 0 Å². The highest BCUT2D eigenvalue weighted by Crippen LogP contribution is 2.27. The van der Waals surface area contributed by atoms with Crippen LogP contribution in [0.15, 0.2) is 78.9 Å². The lowest BCUT2D eigenvalue weighted by atomic mass is 10.1. The molecular formula is C21H20N2O2. The van der Waals surface area contributed by atoms with E-state index in [0.717, 1.165) is 16.9 Å². The van der Waals surface area contributed by atoms with Gasteiger partial charge in [-0.1, -0.05) is 42.5 Å². The third-order valence-corrected chi connectivity index (χ3v) is 4.00. The number of phenolic OH excluding ortho intramolecular Hbond substituents is 1. The molecule has 3 aromatic rings. The number of hydrogen-bond donors (Lipinski definition) is 2. The van der Waals surface area contributed by atoms with E-state index in [-0.39, 0.29) is 11.7 Å². The fourth-order valence-electron chi connectivity index (χ4n) is 2.71. The molecule has 0 saturated heterocycles. The largest absolute Gasteiger partial charge is 0.506 e. The van der Waals surface area contributed by atoms with Crippen LogP contribution in [0.2, 0.25) is 0 Å². The van der Waals surface area contributed by atoms with Gasteiger partial charge < -0.3 is 10.8 Å². The molecule has 0 radical (unpaired) electrons. The zero-order valence-corrected chi connectivity index (χ0v) is 13.8. The van der Waals surface area contributed by atoms with Crippen molar-refractivity contribution < 1.29 is 9.90 Å². The van der Waals surface area contributed by atoms with Crippen LogP contribution < -0.4 is 10.6 Å². The molecule has 25 heavy (non-hydrogen) atoms. The maximum Gasteiger partial charge on any atom is 0.231 e. The summed E-state index contributed by atoms with van der Waals surface area (Å²) in [5.74, 6) is 0.0642. The first kappa shape index (κ1) is 16.6. The zero-order chi connectivity index (χ0) is 17.6. The van der Waals surface area contributed by atoms with Gasteiger partial charge in [0.15, 0.2) is 0 Å². The highest BCUT2D eigenvalue weighted by Gasteiger charge is 2.17. The second-order valence-corrected chi connectivity index (χ2v) is 5.79. The van der Waals surface area contributed by atoms with Gasteiger partial charge in [0.2, 0.25) is 5.91 Å².